The number of aliphatic imine (C=N–C) groups is 1. The van der Waals surface area contributed by atoms with Gasteiger partial charge in [-0.3, -0.25) is 19.6 Å². The Hall–Kier alpha value is -3.73. The number of amides is 1. The van der Waals surface area contributed by atoms with Crippen molar-refractivity contribution in [1.29, 1.82) is 0 Å². The predicted molar refractivity (Wildman–Crippen MR) is 138 cm³/mol. The third kappa shape index (κ3) is 8.13. The van der Waals surface area contributed by atoms with Crippen LogP contribution >= 0.6 is 0 Å². The van der Waals surface area contributed by atoms with E-state index in [1.54, 1.807) is 13.0 Å². The van der Waals surface area contributed by atoms with Gasteiger partial charge in [0.2, 0.25) is 0 Å². The Morgan fingerprint density at radius 1 is 1.18 bits per heavy atom. The van der Waals surface area contributed by atoms with Gasteiger partial charge in [-0.1, -0.05) is 32.1 Å². The van der Waals surface area contributed by atoms with Crippen LogP contribution < -0.4 is 5.32 Å². The number of aliphatic hydroxyl groups is 1. The topological polar surface area (TPSA) is 91.7 Å². The maximum absolute atomic E-state index is 14.5. The van der Waals surface area contributed by atoms with Crippen LogP contribution in [0.4, 0.5) is 22.0 Å². The van der Waals surface area contributed by atoms with Crippen molar-refractivity contribution in [2.24, 2.45) is 10.9 Å². The number of ketones is 1. The number of hydrogen-bond donors (Lipinski definition) is 2. The van der Waals surface area contributed by atoms with Crippen molar-refractivity contribution in [1.82, 2.24) is 10.3 Å². The molecule has 2 unspecified atom stereocenters. The Kier molecular flexibility index (Phi) is 11.2. The summed E-state index contributed by atoms with van der Waals surface area (Å²) in [6, 6.07) is 5.81. The van der Waals surface area contributed by atoms with Gasteiger partial charge in [0.15, 0.2) is 5.78 Å². The minimum absolute atomic E-state index is 0.00631. The summed E-state index contributed by atoms with van der Waals surface area (Å²) < 4.78 is 68.6. The third-order valence-electron chi connectivity index (χ3n) is 6.22. The van der Waals surface area contributed by atoms with Gasteiger partial charge >= 0.3 is 0 Å². The molecule has 1 heterocycles. The lowest BCUT2D eigenvalue weighted by atomic mass is 9.83. The number of Topliss-reactive ketones (excluding diaryl/α,β-unsaturated/α-hetero) is 1. The number of nitrogens with zero attached hydrogens (tertiary/aromatic N) is 2. The number of nitrogens with one attached hydrogen (secondary N) is 1. The third-order valence-corrected chi connectivity index (χ3v) is 6.22. The quantitative estimate of drug-likeness (QED) is 0.0948. The number of pyridine rings is 1. The molecule has 0 aliphatic heterocycles. The number of halogens is 5. The van der Waals surface area contributed by atoms with Crippen LogP contribution in [0.1, 0.15) is 49.9 Å². The monoisotopic (exact) mass is 551 g/mol. The first-order valence-corrected chi connectivity index (χ1v) is 12.0. The van der Waals surface area contributed by atoms with Crippen LogP contribution in [-0.4, -0.2) is 53.1 Å². The summed E-state index contributed by atoms with van der Waals surface area (Å²) in [4.78, 5) is 34.5. The molecule has 0 saturated heterocycles. The van der Waals surface area contributed by atoms with Gasteiger partial charge in [-0.25, -0.2) is 13.2 Å². The van der Waals surface area contributed by atoms with E-state index in [-0.39, 0.29) is 11.3 Å². The Labute approximate surface area is 223 Å². The molecule has 6 nitrogen and oxygen atoms in total. The number of carbonyl (C=O) groups is 2. The summed E-state index contributed by atoms with van der Waals surface area (Å²) in [5.74, 6) is -7.65. The van der Waals surface area contributed by atoms with Gasteiger partial charge in [0.05, 0.1) is 17.9 Å². The number of alkyl halides is 4. The number of allylic oxidation sites excluding steroid dienone is 2. The number of hydrogen-bond acceptors (Lipinski definition) is 5. The Balaban J connectivity index is 2.54. The molecule has 1 aromatic heterocycles. The molecule has 1 aromatic carbocycles. The maximum Gasteiger partial charge on any atom is 0.288 e. The fourth-order valence-corrected chi connectivity index (χ4v) is 3.74. The van der Waals surface area contributed by atoms with E-state index in [9.17, 15) is 36.6 Å². The lowest BCUT2D eigenvalue weighted by Gasteiger charge is -2.25. The second-order valence-electron chi connectivity index (χ2n) is 8.82. The maximum atomic E-state index is 14.5. The Bertz CT molecular complexity index is 1240. The number of aliphatic hydroxyl groups excluding tert-OH is 1. The molecule has 39 heavy (non-hydrogen) atoms. The van der Waals surface area contributed by atoms with Crippen LogP contribution in [0.25, 0.3) is 0 Å². The van der Waals surface area contributed by atoms with Crippen molar-refractivity contribution in [3.8, 4) is 0 Å². The summed E-state index contributed by atoms with van der Waals surface area (Å²) in [6.45, 7) is 3.35. The van der Waals surface area contributed by atoms with Gasteiger partial charge < -0.3 is 10.4 Å². The molecule has 3 atom stereocenters. The van der Waals surface area contributed by atoms with Crippen LogP contribution in [0.3, 0.4) is 0 Å². The summed E-state index contributed by atoms with van der Waals surface area (Å²) in [5.41, 5.74) is -0.419. The van der Waals surface area contributed by atoms with E-state index < -0.39 is 65.6 Å². The molecule has 1 amide bonds. The average Bonchev–Trinajstić information content (AvgIpc) is 2.91. The highest BCUT2D eigenvalue weighted by Crippen LogP contribution is 2.28. The van der Waals surface area contributed by atoms with Gasteiger partial charge in [-0.2, -0.15) is 8.78 Å². The zero-order chi connectivity index (χ0) is 29.3. The van der Waals surface area contributed by atoms with Gasteiger partial charge in [0.1, 0.15) is 17.6 Å². The fourth-order valence-electron chi connectivity index (χ4n) is 3.74. The zero-order valence-corrected chi connectivity index (χ0v) is 21.8. The Morgan fingerprint density at radius 3 is 2.38 bits per heavy atom. The molecule has 2 N–H and O–H groups in total. The number of carbonyl (C=O) groups excluding carboxylic acids is 2. The summed E-state index contributed by atoms with van der Waals surface area (Å²) in [7, 11) is 1.32. The predicted octanol–water partition coefficient (Wildman–Crippen LogP) is 5.20. The van der Waals surface area contributed by atoms with Crippen LogP contribution in [0, 0.1) is 11.7 Å². The summed E-state index contributed by atoms with van der Waals surface area (Å²) in [5, 5.41) is 11.6. The first kappa shape index (κ1) is 31.5. The van der Waals surface area contributed by atoms with E-state index in [0.717, 1.165) is 24.4 Å². The van der Waals surface area contributed by atoms with Crippen molar-refractivity contribution < 1.29 is 36.6 Å². The second kappa shape index (κ2) is 13.9. The molecule has 0 spiro atoms. The smallest absolute Gasteiger partial charge is 0.288 e. The van der Waals surface area contributed by atoms with Crippen molar-refractivity contribution in [3.05, 3.63) is 89.0 Å². The van der Waals surface area contributed by atoms with Crippen molar-refractivity contribution in [2.75, 3.05) is 13.7 Å². The van der Waals surface area contributed by atoms with E-state index in [2.05, 4.69) is 9.98 Å². The SMILES string of the molecule is C/C=C/C(F)(F)[C@@H](CO)NC(=O)/C(=C/C(=N\C)c1ccc(C(F)F)nc1)C(=O)C(C)C(C)c1cccc(F)c1. The summed E-state index contributed by atoms with van der Waals surface area (Å²) >= 11 is 0. The van der Waals surface area contributed by atoms with E-state index in [1.165, 1.54) is 45.2 Å². The fraction of sp³-hybridized carbons (Fsp3) is 0.357. The first-order chi connectivity index (χ1) is 18.4. The van der Waals surface area contributed by atoms with Crippen molar-refractivity contribution >= 4 is 17.4 Å². The average molecular weight is 552 g/mol. The Morgan fingerprint density at radius 2 is 1.87 bits per heavy atom. The molecule has 0 fully saturated rings. The van der Waals surface area contributed by atoms with Gasteiger partial charge in [-0.05, 0) is 54.8 Å². The number of aromatic nitrogens is 1. The van der Waals surface area contributed by atoms with E-state index in [0.29, 0.717) is 11.6 Å². The zero-order valence-electron chi connectivity index (χ0n) is 21.8. The molecule has 0 radical (unpaired) electrons. The second-order valence-corrected chi connectivity index (χ2v) is 8.82. The molecule has 0 saturated carbocycles. The molecule has 2 aromatic rings. The van der Waals surface area contributed by atoms with Gasteiger partial charge in [0.25, 0.3) is 18.3 Å². The van der Waals surface area contributed by atoms with E-state index in [4.69, 9.17) is 0 Å². The number of rotatable bonds is 12. The molecule has 11 heteroatoms. The summed E-state index contributed by atoms with van der Waals surface area (Å²) in [6.07, 6.45) is 0.864. The van der Waals surface area contributed by atoms with E-state index >= 15 is 0 Å². The number of benzene rings is 1. The highest BCUT2D eigenvalue weighted by atomic mass is 19.3. The largest absolute Gasteiger partial charge is 0.394 e. The molecule has 0 aliphatic rings. The molecule has 210 valence electrons. The van der Waals surface area contributed by atoms with E-state index in [1.807, 2.05) is 5.32 Å². The normalized spacial score (nSPS) is 15.4. The molecule has 2 rings (SSSR count). The van der Waals surface area contributed by atoms with Crippen molar-refractivity contribution in [2.45, 2.75) is 45.1 Å². The minimum Gasteiger partial charge on any atom is -0.394 e. The van der Waals surface area contributed by atoms with Gasteiger partial charge in [0, 0.05) is 24.7 Å². The van der Waals surface area contributed by atoms with Crippen LogP contribution in [0.2, 0.25) is 0 Å². The minimum atomic E-state index is -3.63. The molecular weight excluding hydrogens is 521 g/mol. The standard InChI is InChI=1S/C28H30F5N3O3/c1-5-11-28(32,33)24(15-37)36-27(39)21(13-23(34-4)19-9-10-22(26(30)31)35-14-19)25(38)17(3)16(2)18-7-6-8-20(29)12-18/h5-14,16-17,24,26,37H,15H2,1-4H3,(H,36,39)/b11-5+,21-13+,34-23+/t16?,17?,24-/m1/s1. The van der Waals surface area contributed by atoms with Crippen LogP contribution in [0.5, 0.6) is 0 Å². The van der Waals surface area contributed by atoms with Crippen LogP contribution in [0.15, 0.2) is 71.4 Å². The lowest BCUT2D eigenvalue weighted by Crippen LogP contribution is -2.50. The first-order valence-electron chi connectivity index (χ1n) is 12.0. The molecular formula is C28H30F5N3O3. The highest BCUT2D eigenvalue weighted by Gasteiger charge is 2.39. The van der Waals surface area contributed by atoms with Gasteiger partial charge in [-0.15, -0.1) is 0 Å². The molecule has 0 aliphatic carbocycles. The highest BCUT2D eigenvalue weighted by molar-refractivity contribution is 6.25. The molecule has 0 bridgehead atoms. The van der Waals surface area contributed by atoms with Crippen LogP contribution in [-0.2, 0) is 9.59 Å². The lowest BCUT2D eigenvalue weighted by molar-refractivity contribution is -0.126. The van der Waals surface area contributed by atoms with Crippen molar-refractivity contribution in [3.63, 3.8) is 0 Å².